The minimum atomic E-state index is -0.507. The van der Waals surface area contributed by atoms with Crippen molar-refractivity contribution >= 4 is 34.8 Å². The maximum Gasteiger partial charge on any atom is 0.251 e. The van der Waals surface area contributed by atoms with Gasteiger partial charge in [0.05, 0.1) is 15.7 Å². The van der Waals surface area contributed by atoms with Crippen molar-refractivity contribution in [2.75, 3.05) is 12.3 Å². The second-order valence-electron chi connectivity index (χ2n) is 4.67. The number of carbonyl (C=O) groups is 1. The topological polar surface area (TPSA) is 75.3 Å². The zero-order valence-corrected chi connectivity index (χ0v) is 11.8. The summed E-state index contributed by atoms with van der Waals surface area (Å²) < 4.78 is 0. The van der Waals surface area contributed by atoms with Crippen molar-refractivity contribution in [3.63, 3.8) is 0 Å². The zero-order chi connectivity index (χ0) is 13.9. The van der Waals surface area contributed by atoms with Crippen LogP contribution in [0.2, 0.25) is 10.0 Å². The Morgan fingerprint density at radius 2 is 2.06 bits per heavy atom. The van der Waals surface area contributed by atoms with Gasteiger partial charge in [-0.25, -0.2) is 0 Å². The van der Waals surface area contributed by atoms with Gasteiger partial charge >= 0.3 is 0 Å². The van der Waals surface area contributed by atoms with E-state index in [1.807, 2.05) is 13.8 Å². The first-order valence-corrected chi connectivity index (χ1v) is 6.20. The summed E-state index contributed by atoms with van der Waals surface area (Å²) in [5, 5.41) is 12.2. The molecule has 0 aliphatic carbocycles. The van der Waals surface area contributed by atoms with Crippen molar-refractivity contribution in [2.45, 2.75) is 25.8 Å². The molecule has 1 aromatic rings. The number of rotatable bonds is 4. The molecule has 0 spiro atoms. The van der Waals surface area contributed by atoms with Crippen molar-refractivity contribution < 1.29 is 9.90 Å². The van der Waals surface area contributed by atoms with Crippen molar-refractivity contribution in [1.82, 2.24) is 5.32 Å². The van der Waals surface area contributed by atoms with Crippen LogP contribution in [0.1, 0.15) is 30.6 Å². The zero-order valence-electron chi connectivity index (χ0n) is 10.3. The molecule has 0 saturated heterocycles. The minimum absolute atomic E-state index is 0.00318. The van der Waals surface area contributed by atoms with E-state index in [1.165, 1.54) is 12.1 Å². The highest BCUT2D eigenvalue weighted by atomic mass is 35.5. The SMILES string of the molecule is CC(C)(CCO)NC(=O)c1cc(N)c(Cl)c(Cl)c1. The molecule has 0 bridgehead atoms. The summed E-state index contributed by atoms with van der Waals surface area (Å²) in [5.74, 6) is -0.307. The Balaban J connectivity index is 2.92. The highest BCUT2D eigenvalue weighted by Gasteiger charge is 2.21. The fourth-order valence-electron chi connectivity index (χ4n) is 1.46. The number of amides is 1. The summed E-state index contributed by atoms with van der Waals surface area (Å²) in [6.07, 6.45) is 0.454. The van der Waals surface area contributed by atoms with E-state index in [0.717, 1.165) is 0 Å². The number of hydrogen-bond acceptors (Lipinski definition) is 3. The van der Waals surface area contributed by atoms with E-state index in [2.05, 4.69) is 5.32 Å². The third kappa shape index (κ3) is 3.77. The number of anilines is 1. The van der Waals surface area contributed by atoms with Gasteiger partial charge in [-0.2, -0.15) is 0 Å². The molecule has 1 amide bonds. The third-order valence-electron chi connectivity index (χ3n) is 2.51. The Morgan fingerprint density at radius 1 is 1.44 bits per heavy atom. The molecular formula is C12H16Cl2N2O2. The van der Waals surface area contributed by atoms with E-state index in [1.54, 1.807) is 0 Å². The quantitative estimate of drug-likeness (QED) is 0.746. The Labute approximate surface area is 116 Å². The number of nitrogens with two attached hydrogens (primary N) is 1. The Kier molecular flexibility index (Phi) is 4.85. The summed E-state index contributed by atoms with van der Waals surface area (Å²) in [5.41, 5.74) is 5.74. The molecule has 0 fully saturated rings. The highest BCUT2D eigenvalue weighted by molar-refractivity contribution is 6.43. The molecule has 0 aliphatic rings. The molecule has 0 radical (unpaired) electrons. The first-order valence-electron chi connectivity index (χ1n) is 5.45. The highest BCUT2D eigenvalue weighted by Crippen LogP contribution is 2.29. The van der Waals surface area contributed by atoms with Gasteiger partial charge in [-0.3, -0.25) is 4.79 Å². The average molecular weight is 291 g/mol. The van der Waals surface area contributed by atoms with Gasteiger partial charge in [0, 0.05) is 17.7 Å². The number of carbonyl (C=O) groups excluding carboxylic acids is 1. The number of nitrogen functional groups attached to an aromatic ring is 1. The molecule has 0 atom stereocenters. The smallest absolute Gasteiger partial charge is 0.251 e. The molecule has 6 heteroatoms. The fourth-order valence-corrected chi connectivity index (χ4v) is 1.80. The molecule has 0 unspecified atom stereocenters. The van der Waals surface area contributed by atoms with Crippen LogP contribution < -0.4 is 11.1 Å². The minimum Gasteiger partial charge on any atom is -0.397 e. The lowest BCUT2D eigenvalue weighted by Gasteiger charge is -2.25. The van der Waals surface area contributed by atoms with Crippen LogP contribution in [0.25, 0.3) is 0 Å². The van der Waals surface area contributed by atoms with Gasteiger partial charge in [-0.1, -0.05) is 23.2 Å². The number of nitrogens with one attached hydrogen (secondary N) is 1. The van der Waals surface area contributed by atoms with Crippen molar-refractivity contribution in [3.8, 4) is 0 Å². The summed E-state index contributed by atoms with van der Waals surface area (Å²) in [7, 11) is 0. The van der Waals surface area contributed by atoms with Crippen molar-refractivity contribution in [1.29, 1.82) is 0 Å². The van der Waals surface area contributed by atoms with Crippen molar-refractivity contribution in [3.05, 3.63) is 27.7 Å². The van der Waals surface area contributed by atoms with Crippen LogP contribution in [0.5, 0.6) is 0 Å². The molecule has 4 N–H and O–H groups in total. The molecule has 0 saturated carbocycles. The molecule has 1 aromatic carbocycles. The molecule has 0 aromatic heterocycles. The molecule has 18 heavy (non-hydrogen) atoms. The van der Waals surface area contributed by atoms with Gasteiger partial charge in [-0.05, 0) is 32.4 Å². The van der Waals surface area contributed by atoms with Gasteiger partial charge in [0.1, 0.15) is 0 Å². The summed E-state index contributed by atoms with van der Waals surface area (Å²) in [4.78, 5) is 12.0. The molecule has 4 nitrogen and oxygen atoms in total. The predicted octanol–water partition coefficient (Wildman–Crippen LogP) is 2.47. The fraction of sp³-hybridized carbons (Fsp3) is 0.417. The van der Waals surface area contributed by atoms with E-state index in [-0.39, 0.29) is 28.2 Å². The van der Waals surface area contributed by atoms with Crippen LogP contribution in [0.15, 0.2) is 12.1 Å². The van der Waals surface area contributed by atoms with E-state index < -0.39 is 5.54 Å². The molecule has 1 rings (SSSR count). The number of aliphatic hydroxyl groups is 1. The molecule has 0 heterocycles. The molecular weight excluding hydrogens is 275 g/mol. The van der Waals surface area contributed by atoms with Gasteiger partial charge in [0.2, 0.25) is 0 Å². The van der Waals surface area contributed by atoms with Gasteiger partial charge < -0.3 is 16.2 Å². The number of halogens is 2. The Bertz CT molecular complexity index is 438. The normalized spacial score (nSPS) is 11.4. The average Bonchev–Trinajstić information content (AvgIpc) is 2.24. The van der Waals surface area contributed by atoms with Crippen LogP contribution in [-0.2, 0) is 0 Å². The maximum atomic E-state index is 12.0. The third-order valence-corrected chi connectivity index (χ3v) is 3.32. The predicted molar refractivity (Wildman–Crippen MR) is 74.1 cm³/mol. The summed E-state index contributed by atoms with van der Waals surface area (Å²) >= 11 is 11.7. The lowest BCUT2D eigenvalue weighted by Crippen LogP contribution is -2.44. The van der Waals surface area contributed by atoms with E-state index in [0.29, 0.717) is 12.0 Å². The Morgan fingerprint density at radius 3 is 2.56 bits per heavy atom. The molecule has 100 valence electrons. The van der Waals surface area contributed by atoms with Gasteiger partial charge in [0.15, 0.2) is 0 Å². The standard InChI is InChI=1S/C12H16Cl2N2O2/c1-12(2,3-4-17)16-11(18)7-5-8(13)10(14)9(15)6-7/h5-6,17H,3-4,15H2,1-2H3,(H,16,18). The number of benzene rings is 1. The number of aliphatic hydroxyl groups excluding tert-OH is 1. The van der Waals surface area contributed by atoms with Crippen LogP contribution >= 0.6 is 23.2 Å². The lowest BCUT2D eigenvalue weighted by atomic mass is 10.0. The van der Waals surface area contributed by atoms with Crippen LogP contribution in [0.3, 0.4) is 0 Å². The first-order chi connectivity index (χ1) is 8.26. The van der Waals surface area contributed by atoms with Crippen molar-refractivity contribution in [2.24, 2.45) is 0 Å². The van der Waals surface area contributed by atoms with E-state index in [4.69, 9.17) is 34.0 Å². The first kappa shape index (κ1) is 15.1. The van der Waals surface area contributed by atoms with Crippen LogP contribution in [-0.4, -0.2) is 23.2 Å². The van der Waals surface area contributed by atoms with Gasteiger partial charge in [0.25, 0.3) is 5.91 Å². The summed E-state index contributed by atoms with van der Waals surface area (Å²) in [6.45, 7) is 3.64. The number of hydrogen-bond donors (Lipinski definition) is 3. The van der Waals surface area contributed by atoms with Gasteiger partial charge in [-0.15, -0.1) is 0 Å². The summed E-state index contributed by atoms with van der Waals surface area (Å²) in [6, 6.07) is 2.93. The lowest BCUT2D eigenvalue weighted by molar-refractivity contribution is 0.0899. The molecule has 0 aliphatic heterocycles. The largest absolute Gasteiger partial charge is 0.397 e. The maximum absolute atomic E-state index is 12.0. The van der Waals surface area contributed by atoms with E-state index >= 15 is 0 Å². The van der Waals surface area contributed by atoms with E-state index in [9.17, 15) is 4.79 Å². The Hall–Kier alpha value is -0.970. The second kappa shape index (κ2) is 5.78. The van der Waals surface area contributed by atoms with Crippen LogP contribution in [0, 0.1) is 0 Å². The monoisotopic (exact) mass is 290 g/mol. The second-order valence-corrected chi connectivity index (χ2v) is 5.46. The van der Waals surface area contributed by atoms with Crippen LogP contribution in [0.4, 0.5) is 5.69 Å².